The minimum absolute atomic E-state index is 0.185. The first-order chi connectivity index (χ1) is 16.4. The highest BCUT2D eigenvalue weighted by atomic mass is 32.2. The van der Waals surface area contributed by atoms with E-state index in [1.807, 2.05) is 6.92 Å². The first-order valence-corrected chi connectivity index (χ1v) is 12.9. The van der Waals surface area contributed by atoms with E-state index in [0.29, 0.717) is 30.0 Å². The summed E-state index contributed by atoms with van der Waals surface area (Å²) in [7, 11) is 1.56. The first kappa shape index (κ1) is 26.8. The second kappa shape index (κ2) is 10.9. The molecule has 0 spiro atoms. The molecule has 0 saturated carbocycles. The van der Waals surface area contributed by atoms with Crippen LogP contribution in [0.25, 0.3) is 0 Å². The van der Waals surface area contributed by atoms with Gasteiger partial charge in [0.25, 0.3) is 5.03 Å². The van der Waals surface area contributed by atoms with Crippen molar-refractivity contribution in [3.63, 3.8) is 0 Å². The molecule has 1 atom stereocenters. The molecule has 192 valence electrons. The third kappa shape index (κ3) is 6.26. The zero-order valence-corrected chi connectivity index (χ0v) is 22.3. The van der Waals surface area contributed by atoms with Gasteiger partial charge in [-0.3, -0.25) is 4.79 Å². The fourth-order valence-electron chi connectivity index (χ4n) is 3.47. The molecule has 2 aromatic rings. The predicted molar refractivity (Wildman–Crippen MR) is 126 cm³/mol. The van der Waals surface area contributed by atoms with Crippen LogP contribution in [0.1, 0.15) is 61.8 Å². The molecule has 0 aliphatic carbocycles. The third-order valence-electron chi connectivity index (χ3n) is 5.06. The summed E-state index contributed by atoms with van der Waals surface area (Å²) in [5.41, 5.74) is 0.445. The number of esters is 1. The number of nitrogens with one attached hydrogen (secondary N) is 1. The minimum atomic E-state index is -0.625. The summed E-state index contributed by atoms with van der Waals surface area (Å²) in [5, 5.41) is 18.3. The fourth-order valence-corrected chi connectivity index (χ4v) is 5.65. The van der Waals surface area contributed by atoms with Gasteiger partial charge < -0.3 is 29.3 Å². The van der Waals surface area contributed by atoms with E-state index < -0.39 is 28.9 Å². The Bertz CT molecular complexity index is 1090. The lowest BCUT2D eigenvalue weighted by atomic mass is 10.0. The van der Waals surface area contributed by atoms with Gasteiger partial charge >= 0.3 is 12.1 Å². The number of amides is 2. The van der Waals surface area contributed by atoms with Crippen molar-refractivity contribution in [2.24, 2.45) is 7.05 Å². The Morgan fingerprint density at radius 3 is 2.63 bits per heavy atom. The number of anilines is 1. The molecule has 11 nitrogen and oxygen atoms in total. The highest BCUT2D eigenvalue weighted by Crippen LogP contribution is 2.39. The second-order valence-corrected chi connectivity index (χ2v) is 11.2. The Morgan fingerprint density at radius 2 is 2.06 bits per heavy atom. The van der Waals surface area contributed by atoms with E-state index in [-0.39, 0.29) is 24.1 Å². The molecule has 1 N–H and O–H groups in total. The first-order valence-electron chi connectivity index (χ1n) is 11.2. The lowest BCUT2D eigenvalue weighted by Gasteiger charge is -2.30. The van der Waals surface area contributed by atoms with Crippen LogP contribution in [0, 0.1) is 0 Å². The molecule has 1 unspecified atom stereocenters. The van der Waals surface area contributed by atoms with Crippen molar-refractivity contribution in [3.8, 4) is 5.95 Å². The van der Waals surface area contributed by atoms with Gasteiger partial charge in [0.1, 0.15) is 10.6 Å². The maximum absolute atomic E-state index is 13.1. The number of hydrogen-bond acceptors (Lipinski definition) is 10. The van der Waals surface area contributed by atoms with Crippen molar-refractivity contribution >= 4 is 46.1 Å². The third-order valence-corrected chi connectivity index (χ3v) is 7.68. The average Bonchev–Trinajstić information content (AvgIpc) is 3.29. The average molecular weight is 527 g/mol. The highest BCUT2D eigenvalue weighted by Gasteiger charge is 2.34. The van der Waals surface area contributed by atoms with E-state index >= 15 is 0 Å². The van der Waals surface area contributed by atoms with Gasteiger partial charge in [-0.15, -0.1) is 11.3 Å². The number of aryl methyl sites for hydroxylation is 1. The number of carbonyl (C=O) groups is 3. The topological polar surface area (TPSA) is 138 Å². The SMILES string of the molecule is CCOC(=O)c1c(NC(=O)C(CC)Sc2c([O-])on[n+]2C)sc2c1CCN(C(=O)OC(C)(C)C)C2. The van der Waals surface area contributed by atoms with Crippen molar-refractivity contribution in [1.29, 1.82) is 0 Å². The molecule has 3 heterocycles. The fraction of sp³-hybridized carbons (Fsp3) is 0.591. The minimum Gasteiger partial charge on any atom is -0.538 e. The summed E-state index contributed by atoms with van der Waals surface area (Å²) in [5.74, 6) is -1.52. The van der Waals surface area contributed by atoms with Crippen LogP contribution < -0.4 is 15.1 Å². The van der Waals surface area contributed by atoms with Gasteiger partial charge in [0.2, 0.25) is 5.91 Å². The van der Waals surface area contributed by atoms with Gasteiger partial charge in [0.15, 0.2) is 13.0 Å². The summed E-state index contributed by atoms with van der Waals surface area (Å²) in [6.07, 6.45) is 0.419. The Hall–Kier alpha value is -2.80. The summed E-state index contributed by atoms with van der Waals surface area (Å²) >= 11 is 2.28. The standard InChI is InChI=1S/C22H30N4O7S2/c1-7-13(35-18-20(29)33-24-25(18)6)16(27)23-17-15(19(28)31-8-2)12-9-10-26(11-14(12)34-17)21(30)32-22(3,4)5/h13H,7-11H2,1-6H3,(H-,23,24,27,28,29). The number of aromatic nitrogens is 2. The Balaban J connectivity index is 1.85. The van der Waals surface area contributed by atoms with E-state index in [1.54, 1.807) is 39.6 Å². The molecular weight excluding hydrogens is 496 g/mol. The zero-order valence-electron chi connectivity index (χ0n) is 20.6. The molecule has 0 radical (unpaired) electrons. The largest absolute Gasteiger partial charge is 0.538 e. The van der Waals surface area contributed by atoms with E-state index in [0.717, 1.165) is 22.2 Å². The zero-order chi connectivity index (χ0) is 25.9. The summed E-state index contributed by atoms with van der Waals surface area (Å²) in [4.78, 5) is 40.9. The monoisotopic (exact) mass is 526 g/mol. The van der Waals surface area contributed by atoms with Crippen LogP contribution in [0.3, 0.4) is 0 Å². The molecule has 3 rings (SSSR count). The van der Waals surface area contributed by atoms with Crippen LogP contribution in [0.2, 0.25) is 0 Å². The number of nitrogens with zero attached hydrogens (tertiary/aromatic N) is 3. The maximum atomic E-state index is 13.1. The number of carbonyl (C=O) groups excluding carboxylic acids is 3. The molecule has 2 amide bonds. The number of ether oxygens (including phenoxy) is 2. The summed E-state index contributed by atoms with van der Waals surface area (Å²) in [6, 6.07) is 0. The molecule has 1 aliphatic rings. The Kier molecular flexibility index (Phi) is 8.31. The number of hydrogen-bond donors (Lipinski definition) is 1. The second-order valence-electron chi connectivity index (χ2n) is 8.87. The molecule has 0 bridgehead atoms. The van der Waals surface area contributed by atoms with Gasteiger partial charge in [-0.1, -0.05) is 11.6 Å². The Morgan fingerprint density at radius 1 is 1.34 bits per heavy atom. The summed E-state index contributed by atoms with van der Waals surface area (Å²) in [6.45, 7) is 9.76. The molecule has 0 aromatic carbocycles. The van der Waals surface area contributed by atoms with Gasteiger partial charge in [0.05, 0.1) is 29.2 Å². The van der Waals surface area contributed by atoms with Gasteiger partial charge in [0, 0.05) is 11.4 Å². The van der Waals surface area contributed by atoms with E-state index in [4.69, 9.17) is 9.47 Å². The quantitative estimate of drug-likeness (QED) is 0.328. The normalized spacial score (nSPS) is 14.3. The predicted octanol–water partition coefficient (Wildman–Crippen LogP) is 2.61. The van der Waals surface area contributed by atoms with E-state index in [2.05, 4.69) is 15.1 Å². The van der Waals surface area contributed by atoms with Gasteiger partial charge in [-0.25, -0.2) is 9.59 Å². The molecule has 13 heteroatoms. The van der Waals surface area contributed by atoms with Crippen molar-refractivity contribution in [2.45, 2.75) is 69.9 Å². The number of thiophene rings is 1. The van der Waals surface area contributed by atoms with Crippen LogP contribution >= 0.6 is 23.1 Å². The van der Waals surface area contributed by atoms with Crippen LogP contribution in [-0.2, 0) is 34.3 Å². The van der Waals surface area contributed by atoms with Crippen LogP contribution in [-0.4, -0.2) is 52.1 Å². The lowest BCUT2D eigenvalue weighted by molar-refractivity contribution is -0.772. The van der Waals surface area contributed by atoms with Crippen LogP contribution in [0.4, 0.5) is 9.80 Å². The number of fused-ring (bicyclic) bond motifs is 1. The van der Waals surface area contributed by atoms with Crippen molar-refractivity contribution in [2.75, 3.05) is 18.5 Å². The summed E-state index contributed by atoms with van der Waals surface area (Å²) < 4.78 is 16.7. The molecule has 0 fully saturated rings. The molecule has 2 aromatic heterocycles. The lowest BCUT2D eigenvalue weighted by Crippen LogP contribution is -2.39. The van der Waals surface area contributed by atoms with Gasteiger partial charge in [-0.2, -0.15) is 0 Å². The van der Waals surface area contributed by atoms with Crippen LogP contribution in [0.5, 0.6) is 5.95 Å². The molecule has 1 aliphatic heterocycles. The van der Waals surface area contributed by atoms with Crippen molar-refractivity contribution in [3.05, 3.63) is 16.0 Å². The van der Waals surface area contributed by atoms with Crippen molar-refractivity contribution < 1.29 is 38.2 Å². The number of thioether (sulfide) groups is 1. The Labute approximate surface area is 211 Å². The maximum Gasteiger partial charge on any atom is 0.410 e. The van der Waals surface area contributed by atoms with E-state index in [9.17, 15) is 19.5 Å². The molecular formula is C22H30N4O7S2. The van der Waals surface area contributed by atoms with E-state index in [1.165, 1.54) is 16.0 Å². The van der Waals surface area contributed by atoms with Crippen LogP contribution in [0.15, 0.2) is 9.55 Å². The van der Waals surface area contributed by atoms with Gasteiger partial charge in [-0.05, 0) is 57.9 Å². The molecule has 35 heavy (non-hydrogen) atoms. The van der Waals surface area contributed by atoms with Crippen molar-refractivity contribution in [1.82, 2.24) is 10.2 Å². The number of rotatable bonds is 7. The molecule has 0 saturated heterocycles. The smallest absolute Gasteiger partial charge is 0.410 e. The highest BCUT2D eigenvalue weighted by molar-refractivity contribution is 8.00.